The van der Waals surface area contributed by atoms with Gasteiger partial charge in [0.1, 0.15) is 5.75 Å². The summed E-state index contributed by atoms with van der Waals surface area (Å²) < 4.78 is 0. The summed E-state index contributed by atoms with van der Waals surface area (Å²) in [6, 6.07) is 15.7. The second kappa shape index (κ2) is 8.34. The Morgan fingerprint density at radius 3 is 2.54 bits per heavy atom. The Morgan fingerprint density at radius 1 is 1.25 bits per heavy atom. The number of carbonyl (C=O) groups excluding carboxylic acids is 1. The first-order valence-electron chi connectivity index (χ1n) is 7.41. The van der Waals surface area contributed by atoms with Crippen molar-refractivity contribution in [1.29, 1.82) is 5.26 Å². The lowest BCUT2D eigenvalue weighted by Gasteiger charge is -2.17. The summed E-state index contributed by atoms with van der Waals surface area (Å²) in [4.78, 5) is 13.8. The Morgan fingerprint density at radius 2 is 1.92 bits per heavy atom. The van der Waals surface area contributed by atoms with Crippen molar-refractivity contribution in [2.24, 2.45) is 5.10 Å². The quantitative estimate of drug-likeness (QED) is 0.632. The van der Waals surface area contributed by atoms with Gasteiger partial charge < -0.3 is 10.0 Å². The van der Waals surface area contributed by atoms with Gasteiger partial charge in [0.25, 0.3) is 5.91 Å². The van der Waals surface area contributed by atoms with E-state index in [1.54, 1.807) is 6.21 Å². The molecule has 0 aromatic heterocycles. The van der Waals surface area contributed by atoms with E-state index in [9.17, 15) is 9.90 Å². The van der Waals surface area contributed by atoms with Gasteiger partial charge in [-0.1, -0.05) is 12.1 Å². The molecule has 0 fully saturated rings. The maximum absolute atomic E-state index is 11.9. The van der Waals surface area contributed by atoms with Crippen molar-refractivity contribution >= 4 is 17.8 Å². The van der Waals surface area contributed by atoms with Gasteiger partial charge in [0.2, 0.25) is 0 Å². The molecule has 122 valence electrons. The van der Waals surface area contributed by atoms with Crippen LogP contribution in [0.25, 0.3) is 0 Å². The molecule has 6 nitrogen and oxygen atoms in total. The molecule has 0 bridgehead atoms. The monoisotopic (exact) mass is 322 g/mol. The molecule has 2 aromatic carbocycles. The Bertz CT molecular complexity index is 746. The van der Waals surface area contributed by atoms with Crippen LogP contribution in [0, 0.1) is 11.3 Å². The topological polar surface area (TPSA) is 88.7 Å². The molecule has 0 aliphatic rings. The van der Waals surface area contributed by atoms with Gasteiger partial charge in [-0.15, -0.1) is 0 Å². The number of hydrazone groups is 1. The second-order valence-electron chi connectivity index (χ2n) is 5.17. The van der Waals surface area contributed by atoms with Crippen LogP contribution in [0.3, 0.4) is 0 Å². The van der Waals surface area contributed by atoms with Crippen LogP contribution in [0.2, 0.25) is 0 Å². The number of hydrogen-bond acceptors (Lipinski definition) is 5. The number of nitriles is 1. The highest BCUT2D eigenvalue weighted by molar-refractivity contribution is 5.95. The minimum absolute atomic E-state index is 0.106. The number of phenols is 1. The fraction of sp³-hybridized carbons (Fsp3) is 0.167. The molecule has 0 aliphatic heterocycles. The van der Waals surface area contributed by atoms with Crippen LogP contribution in [0.1, 0.15) is 22.3 Å². The number of benzene rings is 2. The smallest absolute Gasteiger partial charge is 0.271 e. The standard InChI is InChI=1S/C18H18N4O2/c1-22(12-2-11-19)16-7-3-14(4-8-16)13-20-21-18(24)15-5-9-17(23)10-6-15/h3-10,13,23H,2,12H2,1H3,(H,21,24)/b20-13-. The van der Waals surface area contributed by atoms with Gasteiger partial charge in [-0.3, -0.25) is 4.79 Å². The van der Waals surface area contributed by atoms with Crippen molar-refractivity contribution in [1.82, 2.24) is 5.43 Å². The van der Waals surface area contributed by atoms with Crippen LogP contribution in [0.4, 0.5) is 5.69 Å². The first-order valence-corrected chi connectivity index (χ1v) is 7.41. The van der Waals surface area contributed by atoms with E-state index < -0.39 is 0 Å². The highest BCUT2D eigenvalue weighted by Crippen LogP contribution is 2.13. The lowest BCUT2D eigenvalue weighted by Crippen LogP contribution is -2.18. The maximum Gasteiger partial charge on any atom is 0.271 e. The zero-order valence-electron chi connectivity index (χ0n) is 13.3. The van der Waals surface area contributed by atoms with Gasteiger partial charge in [0.05, 0.1) is 18.7 Å². The van der Waals surface area contributed by atoms with E-state index >= 15 is 0 Å². The third-order valence-corrected chi connectivity index (χ3v) is 3.40. The fourth-order valence-corrected chi connectivity index (χ4v) is 2.00. The predicted molar refractivity (Wildman–Crippen MR) is 93.1 cm³/mol. The molecule has 0 atom stereocenters. The summed E-state index contributed by atoms with van der Waals surface area (Å²) in [6.07, 6.45) is 2.03. The first-order chi connectivity index (χ1) is 11.6. The molecule has 0 spiro atoms. The molecule has 2 aromatic rings. The molecule has 1 amide bonds. The van der Waals surface area contributed by atoms with Crippen molar-refractivity contribution in [3.63, 3.8) is 0 Å². The minimum Gasteiger partial charge on any atom is -0.508 e. The third kappa shape index (κ3) is 4.85. The zero-order chi connectivity index (χ0) is 17.4. The number of aromatic hydroxyl groups is 1. The SMILES string of the molecule is CN(CCC#N)c1ccc(/C=N\NC(=O)c2ccc(O)cc2)cc1. The molecular formula is C18H18N4O2. The number of amides is 1. The third-order valence-electron chi connectivity index (χ3n) is 3.40. The minimum atomic E-state index is -0.348. The van der Waals surface area contributed by atoms with Crippen LogP contribution < -0.4 is 10.3 Å². The van der Waals surface area contributed by atoms with Gasteiger partial charge in [-0.25, -0.2) is 5.43 Å². The van der Waals surface area contributed by atoms with E-state index in [4.69, 9.17) is 5.26 Å². The van der Waals surface area contributed by atoms with Crippen molar-refractivity contribution in [2.45, 2.75) is 6.42 Å². The average Bonchev–Trinajstić information content (AvgIpc) is 2.60. The van der Waals surface area contributed by atoms with Crippen LogP contribution in [0.5, 0.6) is 5.75 Å². The zero-order valence-corrected chi connectivity index (χ0v) is 13.3. The van der Waals surface area contributed by atoms with Crippen molar-refractivity contribution in [2.75, 3.05) is 18.5 Å². The van der Waals surface area contributed by atoms with E-state index in [1.165, 1.54) is 24.3 Å². The van der Waals surface area contributed by atoms with E-state index in [-0.39, 0.29) is 11.7 Å². The normalized spacial score (nSPS) is 10.3. The summed E-state index contributed by atoms with van der Waals surface area (Å²) in [6.45, 7) is 0.673. The molecular weight excluding hydrogens is 304 g/mol. The first kappa shape index (κ1) is 17.0. The van der Waals surface area contributed by atoms with E-state index in [2.05, 4.69) is 16.6 Å². The van der Waals surface area contributed by atoms with Crippen LogP contribution in [0.15, 0.2) is 53.6 Å². The summed E-state index contributed by atoms with van der Waals surface area (Å²) in [5, 5.41) is 21.7. The Balaban J connectivity index is 1.91. The van der Waals surface area contributed by atoms with E-state index in [0.29, 0.717) is 18.5 Å². The van der Waals surface area contributed by atoms with E-state index in [1.807, 2.05) is 36.2 Å². The number of hydrogen-bond donors (Lipinski definition) is 2. The van der Waals surface area contributed by atoms with Crippen LogP contribution in [-0.4, -0.2) is 30.8 Å². The summed E-state index contributed by atoms with van der Waals surface area (Å²) in [5.41, 5.74) is 4.71. The molecule has 0 unspecified atom stereocenters. The number of nitrogens with one attached hydrogen (secondary N) is 1. The molecule has 0 aliphatic carbocycles. The number of anilines is 1. The number of rotatable bonds is 6. The summed E-state index contributed by atoms with van der Waals surface area (Å²) in [5.74, 6) is -0.242. The molecule has 2 N–H and O–H groups in total. The van der Waals surface area contributed by atoms with Gasteiger partial charge in [-0.05, 0) is 42.0 Å². The summed E-state index contributed by atoms with van der Waals surface area (Å²) >= 11 is 0. The van der Waals surface area contributed by atoms with Crippen LogP contribution >= 0.6 is 0 Å². The average molecular weight is 322 g/mol. The highest BCUT2D eigenvalue weighted by Gasteiger charge is 2.03. The summed E-state index contributed by atoms with van der Waals surface area (Å²) in [7, 11) is 1.93. The Kier molecular flexibility index (Phi) is 5.92. The maximum atomic E-state index is 11.9. The van der Waals surface area contributed by atoms with Crippen molar-refractivity contribution < 1.29 is 9.90 Å². The van der Waals surface area contributed by atoms with Crippen molar-refractivity contribution in [3.8, 4) is 11.8 Å². The number of carbonyl (C=O) groups is 1. The molecule has 0 saturated carbocycles. The largest absolute Gasteiger partial charge is 0.508 e. The second-order valence-corrected chi connectivity index (χ2v) is 5.17. The van der Waals surface area contributed by atoms with E-state index in [0.717, 1.165) is 11.3 Å². The molecule has 0 heterocycles. The fourth-order valence-electron chi connectivity index (χ4n) is 2.00. The molecule has 6 heteroatoms. The molecule has 0 radical (unpaired) electrons. The number of nitrogens with zero attached hydrogens (tertiary/aromatic N) is 3. The molecule has 2 rings (SSSR count). The predicted octanol–water partition coefficient (Wildman–Crippen LogP) is 2.51. The highest BCUT2D eigenvalue weighted by atomic mass is 16.3. The van der Waals surface area contributed by atoms with Gasteiger partial charge >= 0.3 is 0 Å². The van der Waals surface area contributed by atoms with Gasteiger partial charge in [0.15, 0.2) is 0 Å². The Labute approximate surface area is 140 Å². The van der Waals surface area contributed by atoms with Gasteiger partial charge in [-0.2, -0.15) is 10.4 Å². The van der Waals surface area contributed by atoms with Crippen molar-refractivity contribution in [3.05, 3.63) is 59.7 Å². The molecule has 0 saturated heterocycles. The number of phenolic OH excluding ortho intramolecular Hbond substituents is 1. The Hall–Kier alpha value is -3.33. The molecule has 24 heavy (non-hydrogen) atoms. The van der Waals surface area contributed by atoms with Crippen LogP contribution in [-0.2, 0) is 0 Å². The van der Waals surface area contributed by atoms with Gasteiger partial charge in [0, 0.05) is 24.8 Å². The lowest BCUT2D eigenvalue weighted by atomic mass is 10.2. The lowest BCUT2D eigenvalue weighted by molar-refractivity contribution is 0.0955.